The fourth-order valence-corrected chi connectivity index (χ4v) is 9.92. The number of fused-ring (bicyclic) bond motifs is 1. The van der Waals surface area contributed by atoms with E-state index in [1.165, 1.54) is 0 Å². The Morgan fingerprint density at radius 1 is 0.980 bits per heavy atom. The summed E-state index contributed by atoms with van der Waals surface area (Å²) in [4.78, 5) is 26.5. The molecule has 0 saturated carbocycles. The number of esters is 1. The van der Waals surface area contributed by atoms with Crippen LogP contribution in [0.3, 0.4) is 0 Å². The van der Waals surface area contributed by atoms with E-state index in [2.05, 4.69) is 20.8 Å². The Hall–Kier alpha value is -3.26. The molecule has 2 aliphatic rings. The number of aryl methyl sites for hydroxylation is 1. The summed E-state index contributed by atoms with van der Waals surface area (Å²) in [6, 6.07) is 15.8. The van der Waals surface area contributed by atoms with Crippen LogP contribution in [0.25, 0.3) is 11.0 Å². The Bertz CT molecular complexity index is 1650. The molecule has 0 N–H and O–H groups in total. The number of benzene rings is 2. The van der Waals surface area contributed by atoms with Gasteiger partial charge in [0, 0.05) is 19.3 Å². The first-order chi connectivity index (χ1) is 24.5. The average molecular weight is 727 g/mol. The largest absolute Gasteiger partial charge is 0.487 e. The number of methoxy groups -OCH3 is 1. The van der Waals surface area contributed by atoms with Crippen molar-refractivity contribution in [1.82, 2.24) is 0 Å². The van der Waals surface area contributed by atoms with Gasteiger partial charge in [0.2, 0.25) is 6.29 Å². The van der Waals surface area contributed by atoms with Gasteiger partial charge in [-0.2, -0.15) is 0 Å². The first-order valence-electron chi connectivity index (χ1n) is 18.3. The van der Waals surface area contributed by atoms with Crippen molar-refractivity contribution < 1.29 is 46.8 Å². The predicted molar refractivity (Wildman–Crippen MR) is 195 cm³/mol. The highest BCUT2D eigenvalue weighted by atomic mass is 28.4. The van der Waals surface area contributed by atoms with Crippen LogP contribution in [0.2, 0.25) is 18.1 Å². The Morgan fingerprint density at radius 3 is 2.33 bits per heavy atom. The molecule has 280 valence electrons. The molecule has 51 heavy (non-hydrogen) atoms. The average Bonchev–Trinajstić information content (AvgIpc) is 3.13. The van der Waals surface area contributed by atoms with Gasteiger partial charge in [0.25, 0.3) is 0 Å². The zero-order valence-electron chi connectivity index (χ0n) is 31.3. The van der Waals surface area contributed by atoms with Gasteiger partial charge in [0.15, 0.2) is 32.0 Å². The lowest BCUT2D eigenvalue weighted by molar-refractivity contribution is -0.336. The van der Waals surface area contributed by atoms with Gasteiger partial charge in [0.1, 0.15) is 30.1 Å². The third-order valence-electron chi connectivity index (χ3n) is 10.2. The summed E-state index contributed by atoms with van der Waals surface area (Å²) < 4.78 is 56.8. The Kier molecular flexibility index (Phi) is 13.0. The second-order valence-corrected chi connectivity index (χ2v) is 18.5. The molecule has 1 unspecified atom stereocenters. The standard InChI is InChI=1S/C39H54O11Si/c1-9-43-36(40)30-32(45-24-26-18-14-13-15-19-26)27-21-22-28(25(5)31(27)48-37(30)41)46-38-34(47-29-20-16-17-23-44-29)33(35(42-8)39(6,7)49-38)50-51(10-2,11-3)12-4/h13-15,18-19,21-22,29,33-35,38H,9-12,16-17,20,23-24H2,1-8H3/t29?,33-,34-,35-,38-/m1/s1. The maximum atomic E-state index is 13.5. The fraction of sp³-hybridized carbons (Fsp3) is 0.590. The van der Waals surface area contributed by atoms with Crippen LogP contribution in [-0.2, 0) is 34.7 Å². The maximum Gasteiger partial charge on any atom is 0.354 e. The highest BCUT2D eigenvalue weighted by Crippen LogP contribution is 2.41. The minimum atomic E-state index is -2.18. The molecule has 0 spiro atoms. The zero-order valence-corrected chi connectivity index (χ0v) is 32.3. The second kappa shape index (κ2) is 17.0. The Balaban J connectivity index is 1.57. The molecule has 2 aromatic carbocycles. The van der Waals surface area contributed by atoms with Crippen molar-refractivity contribution in [2.24, 2.45) is 0 Å². The molecule has 0 aliphatic carbocycles. The lowest BCUT2D eigenvalue weighted by Gasteiger charge is -2.52. The monoisotopic (exact) mass is 726 g/mol. The molecule has 11 nitrogen and oxygen atoms in total. The smallest absolute Gasteiger partial charge is 0.354 e. The predicted octanol–water partition coefficient (Wildman–Crippen LogP) is 7.69. The number of rotatable bonds is 15. The van der Waals surface area contributed by atoms with Crippen LogP contribution in [0.15, 0.2) is 51.7 Å². The minimum Gasteiger partial charge on any atom is -0.487 e. The van der Waals surface area contributed by atoms with Gasteiger partial charge < -0.3 is 42.0 Å². The SMILES string of the molecule is CCOC(=O)c1c(OCc2ccccc2)c2ccc(O[C@@H]3OC(C)(C)[C@H](OC)[C@H](O[Si](CC)(CC)CC)[C@H]3OC3CCCCO3)c(C)c2oc1=O. The summed E-state index contributed by atoms with van der Waals surface area (Å²) in [5, 5.41) is 0.428. The Morgan fingerprint density at radius 2 is 1.71 bits per heavy atom. The van der Waals surface area contributed by atoms with Crippen molar-refractivity contribution in [3.8, 4) is 11.5 Å². The molecule has 5 rings (SSSR count). The summed E-state index contributed by atoms with van der Waals surface area (Å²) >= 11 is 0. The first kappa shape index (κ1) is 39.0. The van der Waals surface area contributed by atoms with Crippen LogP contribution < -0.4 is 15.1 Å². The normalized spacial score (nSPS) is 23.6. The molecule has 3 heterocycles. The summed E-state index contributed by atoms with van der Waals surface area (Å²) in [7, 11) is -0.508. The van der Waals surface area contributed by atoms with Crippen LogP contribution in [0.1, 0.15) is 82.3 Å². The second-order valence-electron chi connectivity index (χ2n) is 13.7. The Labute approximate surface area is 301 Å². The van der Waals surface area contributed by atoms with Crippen LogP contribution in [0, 0.1) is 6.92 Å². The maximum absolute atomic E-state index is 13.5. The van der Waals surface area contributed by atoms with Crippen molar-refractivity contribution in [2.75, 3.05) is 20.3 Å². The summed E-state index contributed by atoms with van der Waals surface area (Å²) in [6.45, 7) is 14.8. The van der Waals surface area contributed by atoms with Crippen LogP contribution in [-0.4, -0.2) is 71.1 Å². The molecule has 12 heteroatoms. The van der Waals surface area contributed by atoms with Crippen LogP contribution >= 0.6 is 0 Å². The van der Waals surface area contributed by atoms with Gasteiger partial charge in [-0.05, 0) is 82.8 Å². The number of carbonyl (C=O) groups is 1. The molecular formula is C39H54O11Si. The minimum absolute atomic E-state index is 0.0835. The van der Waals surface area contributed by atoms with E-state index in [0.717, 1.165) is 43.0 Å². The summed E-state index contributed by atoms with van der Waals surface area (Å²) in [5.74, 6) is -0.330. The summed E-state index contributed by atoms with van der Waals surface area (Å²) in [5.41, 5.74) is -0.392. The molecule has 0 amide bonds. The molecular weight excluding hydrogens is 673 g/mol. The first-order valence-corrected chi connectivity index (χ1v) is 20.8. The highest BCUT2D eigenvalue weighted by molar-refractivity contribution is 6.73. The van der Waals surface area contributed by atoms with Gasteiger partial charge in [-0.3, -0.25) is 0 Å². The lowest BCUT2D eigenvalue weighted by atomic mass is 9.89. The van der Waals surface area contributed by atoms with E-state index in [4.69, 9.17) is 42.0 Å². The molecule has 0 radical (unpaired) electrons. The number of hydrogen-bond donors (Lipinski definition) is 0. The highest BCUT2D eigenvalue weighted by Gasteiger charge is 2.55. The summed E-state index contributed by atoms with van der Waals surface area (Å²) in [6.07, 6.45) is -0.363. The third-order valence-corrected chi connectivity index (χ3v) is 14.8. The number of ether oxygens (including phenoxy) is 7. The lowest BCUT2D eigenvalue weighted by Crippen LogP contribution is -2.67. The van der Waals surface area contributed by atoms with Crippen molar-refractivity contribution in [1.29, 1.82) is 0 Å². The molecule has 1 aromatic heterocycles. The van der Waals surface area contributed by atoms with Gasteiger partial charge in [-0.25, -0.2) is 9.59 Å². The van der Waals surface area contributed by atoms with E-state index >= 15 is 0 Å². The van der Waals surface area contributed by atoms with Crippen LogP contribution in [0.4, 0.5) is 0 Å². The van der Waals surface area contributed by atoms with E-state index in [1.807, 2.05) is 44.2 Å². The van der Waals surface area contributed by atoms with Crippen molar-refractivity contribution in [3.63, 3.8) is 0 Å². The van der Waals surface area contributed by atoms with Gasteiger partial charge >= 0.3 is 11.6 Å². The number of carbonyl (C=O) groups excluding carboxylic acids is 1. The topological polar surface area (TPSA) is 121 Å². The van der Waals surface area contributed by atoms with E-state index < -0.39 is 56.4 Å². The molecule has 0 bridgehead atoms. The molecule has 2 saturated heterocycles. The van der Waals surface area contributed by atoms with Gasteiger partial charge in [-0.1, -0.05) is 51.1 Å². The van der Waals surface area contributed by atoms with Gasteiger partial charge in [-0.15, -0.1) is 0 Å². The van der Waals surface area contributed by atoms with E-state index in [-0.39, 0.29) is 30.1 Å². The fourth-order valence-electron chi connectivity index (χ4n) is 7.08. The van der Waals surface area contributed by atoms with E-state index in [1.54, 1.807) is 33.1 Å². The number of hydrogen-bond acceptors (Lipinski definition) is 11. The van der Waals surface area contributed by atoms with E-state index in [0.29, 0.717) is 23.3 Å². The van der Waals surface area contributed by atoms with Crippen LogP contribution in [0.5, 0.6) is 11.5 Å². The molecule has 2 aliphatic heterocycles. The van der Waals surface area contributed by atoms with Crippen molar-refractivity contribution >= 4 is 25.3 Å². The molecule has 2 fully saturated rings. The van der Waals surface area contributed by atoms with Gasteiger partial charge in [0.05, 0.1) is 17.6 Å². The van der Waals surface area contributed by atoms with Crippen molar-refractivity contribution in [3.05, 3.63) is 69.6 Å². The van der Waals surface area contributed by atoms with Crippen molar-refractivity contribution in [2.45, 2.75) is 129 Å². The zero-order chi connectivity index (χ0) is 36.8. The molecule has 3 aromatic rings. The quantitative estimate of drug-likeness (QED) is 0.0871. The molecule has 5 atom stereocenters. The van der Waals surface area contributed by atoms with E-state index in [9.17, 15) is 9.59 Å². The third kappa shape index (κ3) is 8.53.